The molecular weight excluding hydrogens is 412 g/mol. The molecule has 1 saturated heterocycles. The molecule has 0 spiro atoms. The van der Waals surface area contributed by atoms with Gasteiger partial charge < -0.3 is 30.3 Å². The third-order valence-corrected chi connectivity index (χ3v) is 5.43. The Bertz CT molecular complexity index is 869. The van der Waals surface area contributed by atoms with Crippen LogP contribution >= 0.6 is 0 Å². The number of aliphatic carboxylic acids is 1. The molecular formula is C23H32N4O5. The second kappa shape index (κ2) is 12.1. The fourth-order valence-corrected chi connectivity index (χ4v) is 3.73. The zero-order valence-electron chi connectivity index (χ0n) is 18.9. The summed E-state index contributed by atoms with van der Waals surface area (Å²) in [5.74, 6) is 4.30. The van der Waals surface area contributed by atoms with E-state index < -0.39 is 17.9 Å². The number of ether oxygens (including phenoxy) is 1. The highest BCUT2D eigenvalue weighted by Gasteiger charge is 2.27. The molecule has 3 N–H and O–H groups in total. The first-order valence-electron chi connectivity index (χ1n) is 10.6. The Balaban J connectivity index is 2.25. The molecule has 9 heteroatoms. The standard InChI is InChI=1S/C23H32N4O5/c1-25(2)22-17(7-5-15-32-18-11-13-26(3)14-12-18)6-4-8-19(22)27(16-28)20(23(24)31)9-10-21(29)30/h4,6,8,16,18,20H,9-15H2,1-3H3,(H2,24,31)(H,29,30). The summed E-state index contributed by atoms with van der Waals surface area (Å²) in [6.07, 6.45) is 2.29. The summed E-state index contributed by atoms with van der Waals surface area (Å²) >= 11 is 0. The van der Waals surface area contributed by atoms with Gasteiger partial charge in [-0.2, -0.15) is 0 Å². The number of carbonyl (C=O) groups excluding carboxylic acids is 2. The Morgan fingerprint density at radius 1 is 1.34 bits per heavy atom. The second-order valence-corrected chi connectivity index (χ2v) is 8.05. The maximum Gasteiger partial charge on any atom is 0.303 e. The number of likely N-dealkylation sites (tertiary alicyclic amines) is 1. The van der Waals surface area contributed by atoms with Crippen molar-refractivity contribution in [1.29, 1.82) is 0 Å². The number of benzene rings is 1. The molecule has 1 aliphatic heterocycles. The molecule has 0 bridgehead atoms. The fraction of sp³-hybridized carbons (Fsp3) is 0.522. The molecule has 1 heterocycles. The third kappa shape index (κ3) is 6.97. The molecule has 0 saturated carbocycles. The number of carboxylic acids is 1. The van der Waals surface area contributed by atoms with Crippen molar-refractivity contribution in [2.45, 2.75) is 37.8 Å². The number of primary amides is 1. The van der Waals surface area contributed by atoms with E-state index in [1.807, 2.05) is 6.07 Å². The van der Waals surface area contributed by atoms with E-state index in [0.717, 1.165) is 25.9 Å². The van der Waals surface area contributed by atoms with Crippen LogP contribution in [0.15, 0.2) is 18.2 Å². The van der Waals surface area contributed by atoms with Crippen molar-refractivity contribution >= 4 is 29.7 Å². The van der Waals surface area contributed by atoms with Gasteiger partial charge in [-0.15, -0.1) is 0 Å². The molecule has 1 aliphatic rings. The van der Waals surface area contributed by atoms with Gasteiger partial charge in [-0.3, -0.25) is 14.4 Å². The van der Waals surface area contributed by atoms with Gasteiger partial charge in [0.25, 0.3) is 0 Å². The fourth-order valence-electron chi connectivity index (χ4n) is 3.73. The lowest BCUT2D eigenvalue weighted by Gasteiger charge is -2.30. The van der Waals surface area contributed by atoms with Gasteiger partial charge in [-0.25, -0.2) is 0 Å². The van der Waals surface area contributed by atoms with Gasteiger partial charge in [0.2, 0.25) is 12.3 Å². The van der Waals surface area contributed by atoms with E-state index in [-0.39, 0.29) is 18.9 Å². The van der Waals surface area contributed by atoms with Crippen LogP contribution in [0.25, 0.3) is 0 Å². The molecule has 1 atom stereocenters. The molecule has 2 rings (SSSR count). The lowest BCUT2D eigenvalue weighted by atomic mass is 10.1. The van der Waals surface area contributed by atoms with E-state index in [0.29, 0.717) is 30.0 Å². The number of rotatable bonds is 10. The zero-order valence-corrected chi connectivity index (χ0v) is 18.9. The van der Waals surface area contributed by atoms with E-state index >= 15 is 0 Å². The molecule has 9 nitrogen and oxygen atoms in total. The number of carbonyl (C=O) groups is 3. The van der Waals surface area contributed by atoms with Crippen molar-refractivity contribution in [1.82, 2.24) is 4.90 Å². The van der Waals surface area contributed by atoms with Crippen LogP contribution < -0.4 is 15.5 Å². The Kier molecular flexibility index (Phi) is 9.50. The van der Waals surface area contributed by atoms with E-state index in [1.165, 1.54) is 4.90 Å². The first-order chi connectivity index (χ1) is 15.2. The molecule has 0 radical (unpaired) electrons. The van der Waals surface area contributed by atoms with Crippen molar-refractivity contribution in [3.63, 3.8) is 0 Å². The van der Waals surface area contributed by atoms with Crippen LogP contribution in [0.4, 0.5) is 11.4 Å². The van der Waals surface area contributed by atoms with E-state index in [1.54, 1.807) is 31.1 Å². The average molecular weight is 445 g/mol. The van der Waals surface area contributed by atoms with Gasteiger partial charge in [0.05, 0.1) is 23.0 Å². The van der Waals surface area contributed by atoms with E-state index in [9.17, 15) is 14.4 Å². The lowest BCUT2D eigenvalue weighted by Crippen LogP contribution is -2.45. The number of nitrogens with two attached hydrogens (primary N) is 1. The van der Waals surface area contributed by atoms with Crippen LogP contribution in [0.5, 0.6) is 0 Å². The summed E-state index contributed by atoms with van der Waals surface area (Å²) in [4.78, 5) is 40.2. The number of carboxylic acid groups (broad SMARTS) is 1. The summed E-state index contributed by atoms with van der Waals surface area (Å²) in [6.45, 7) is 2.32. The van der Waals surface area contributed by atoms with Crippen LogP contribution in [0.3, 0.4) is 0 Å². The SMILES string of the molecule is CN1CCC(OCC#Cc2cccc(N(C=O)C(CCC(=O)O)C(N)=O)c2N(C)C)CC1. The number of anilines is 2. The van der Waals surface area contributed by atoms with Gasteiger partial charge in [0.15, 0.2) is 0 Å². The quantitative estimate of drug-likeness (QED) is 0.407. The number of hydrogen-bond acceptors (Lipinski definition) is 6. The molecule has 2 amide bonds. The number of hydrogen-bond donors (Lipinski definition) is 2. The van der Waals surface area contributed by atoms with Crippen LogP contribution in [0, 0.1) is 11.8 Å². The molecule has 1 aromatic rings. The third-order valence-electron chi connectivity index (χ3n) is 5.43. The predicted octanol–water partition coefficient (Wildman–Crippen LogP) is 0.896. The van der Waals surface area contributed by atoms with Gasteiger partial charge in [0, 0.05) is 33.6 Å². The molecule has 174 valence electrons. The lowest BCUT2D eigenvalue weighted by molar-refractivity contribution is -0.137. The van der Waals surface area contributed by atoms with Crippen LogP contribution in [0.2, 0.25) is 0 Å². The number of piperidine rings is 1. The second-order valence-electron chi connectivity index (χ2n) is 8.05. The Morgan fingerprint density at radius 3 is 2.59 bits per heavy atom. The summed E-state index contributed by atoms with van der Waals surface area (Å²) < 4.78 is 5.88. The number of para-hydroxylation sites is 1. The van der Waals surface area contributed by atoms with E-state index in [4.69, 9.17) is 15.6 Å². The maximum atomic E-state index is 12.0. The minimum Gasteiger partial charge on any atom is -0.481 e. The van der Waals surface area contributed by atoms with Crippen molar-refractivity contribution < 1.29 is 24.2 Å². The highest BCUT2D eigenvalue weighted by atomic mass is 16.5. The van der Waals surface area contributed by atoms with Crippen LogP contribution in [-0.4, -0.2) is 81.3 Å². The van der Waals surface area contributed by atoms with Gasteiger partial charge >= 0.3 is 5.97 Å². The minimum atomic E-state index is -1.08. The smallest absolute Gasteiger partial charge is 0.303 e. The van der Waals surface area contributed by atoms with Crippen molar-refractivity contribution in [3.8, 4) is 11.8 Å². The van der Waals surface area contributed by atoms with Crippen LogP contribution in [0.1, 0.15) is 31.2 Å². The normalized spacial score (nSPS) is 15.3. The topological polar surface area (TPSA) is 116 Å². The average Bonchev–Trinajstić information content (AvgIpc) is 2.74. The maximum absolute atomic E-state index is 12.0. The van der Waals surface area contributed by atoms with Crippen LogP contribution in [-0.2, 0) is 19.1 Å². The monoisotopic (exact) mass is 444 g/mol. The summed E-state index contributed by atoms with van der Waals surface area (Å²) in [5.41, 5.74) is 7.21. The molecule has 0 aromatic heterocycles. The zero-order chi connectivity index (χ0) is 23.7. The molecule has 0 aliphatic carbocycles. The molecule has 32 heavy (non-hydrogen) atoms. The Labute approximate surface area is 189 Å². The molecule has 1 aromatic carbocycles. The Morgan fingerprint density at radius 2 is 2.03 bits per heavy atom. The Hall–Kier alpha value is -3.09. The van der Waals surface area contributed by atoms with Gasteiger partial charge in [-0.1, -0.05) is 17.9 Å². The van der Waals surface area contributed by atoms with Crippen molar-refractivity contribution in [2.24, 2.45) is 5.73 Å². The van der Waals surface area contributed by atoms with E-state index in [2.05, 4.69) is 23.8 Å². The first kappa shape index (κ1) is 25.2. The summed E-state index contributed by atoms with van der Waals surface area (Å²) in [5, 5.41) is 8.98. The van der Waals surface area contributed by atoms with Crippen molar-refractivity contribution in [2.75, 3.05) is 50.6 Å². The molecule has 1 fully saturated rings. The highest BCUT2D eigenvalue weighted by Crippen LogP contribution is 2.33. The number of amides is 2. The van der Waals surface area contributed by atoms with Crippen molar-refractivity contribution in [3.05, 3.63) is 23.8 Å². The largest absolute Gasteiger partial charge is 0.481 e. The minimum absolute atomic E-state index is 0.0867. The first-order valence-corrected chi connectivity index (χ1v) is 10.6. The van der Waals surface area contributed by atoms with Gasteiger partial charge in [-0.05, 0) is 38.4 Å². The molecule has 1 unspecified atom stereocenters. The van der Waals surface area contributed by atoms with Gasteiger partial charge in [0.1, 0.15) is 12.6 Å². The highest BCUT2D eigenvalue weighted by molar-refractivity contribution is 5.95. The summed E-state index contributed by atoms with van der Waals surface area (Å²) in [6, 6.07) is 4.15. The number of nitrogens with zero attached hydrogens (tertiary/aromatic N) is 3. The summed E-state index contributed by atoms with van der Waals surface area (Å²) in [7, 11) is 5.70. The predicted molar refractivity (Wildman–Crippen MR) is 123 cm³/mol.